The average Bonchev–Trinajstić information content (AvgIpc) is 3.11. The van der Waals surface area contributed by atoms with Crippen molar-refractivity contribution in [3.63, 3.8) is 0 Å². The van der Waals surface area contributed by atoms with Gasteiger partial charge in [-0.05, 0) is 69.3 Å². The molecule has 0 saturated carbocycles. The summed E-state index contributed by atoms with van der Waals surface area (Å²) in [5, 5.41) is 0. The lowest BCUT2D eigenvalue weighted by Gasteiger charge is -2.40. The Hall–Kier alpha value is -2.79. The van der Waals surface area contributed by atoms with Gasteiger partial charge >= 0.3 is 5.97 Å². The van der Waals surface area contributed by atoms with Gasteiger partial charge in [-0.25, -0.2) is 4.79 Å². The molecular formula is C25H29NO4. The zero-order valence-corrected chi connectivity index (χ0v) is 18.1. The number of carbonyl (C=O) groups is 1. The summed E-state index contributed by atoms with van der Waals surface area (Å²) in [6, 6.07) is 14.0. The second-order valence-corrected chi connectivity index (χ2v) is 8.31. The molecule has 1 fully saturated rings. The molecule has 0 N–H and O–H groups in total. The Morgan fingerprint density at radius 2 is 1.80 bits per heavy atom. The molecule has 2 aromatic rings. The van der Waals surface area contributed by atoms with Gasteiger partial charge in [0, 0.05) is 17.9 Å². The van der Waals surface area contributed by atoms with Crippen LogP contribution < -0.4 is 9.47 Å². The van der Waals surface area contributed by atoms with Crippen molar-refractivity contribution in [1.29, 1.82) is 0 Å². The van der Waals surface area contributed by atoms with Gasteiger partial charge in [0.15, 0.2) is 11.5 Å². The molecule has 5 nitrogen and oxygen atoms in total. The molecule has 2 atom stereocenters. The van der Waals surface area contributed by atoms with Crippen molar-refractivity contribution in [1.82, 2.24) is 4.90 Å². The minimum absolute atomic E-state index is 0.0198. The third-order valence-corrected chi connectivity index (χ3v) is 6.64. The van der Waals surface area contributed by atoms with Gasteiger partial charge in [-0.1, -0.05) is 23.8 Å². The number of nitrogens with zero attached hydrogens (tertiary/aromatic N) is 1. The molecule has 1 aliphatic carbocycles. The zero-order valence-electron chi connectivity index (χ0n) is 18.1. The smallest absolute Gasteiger partial charge is 0.343 e. The van der Waals surface area contributed by atoms with E-state index in [-0.39, 0.29) is 17.4 Å². The molecule has 30 heavy (non-hydrogen) atoms. The number of ether oxygens (including phenoxy) is 3. The lowest BCUT2D eigenvalue weighted by atomic mass is 9.68. The fraction of sp³-hybridized carbons (Fsp3) is 0.400. The van der Waals surface area contributed by atoms with E-state index in [2.05, 4.69) is 30.2 Å². The summed E-state index contributed by atoms with van der Waals surface area (Å²) in [7, 11) is 5.47. The maximum atomic E-state index is 12.6. The number of methoxy groups -OCH3 is 2. The molecule has 0 amide bonds. The fourth-order valence-electron chi connectivity index (χ4n) is 4.83. The molecule has 2 aliphatic rings. The molecular weight excluding hydrogens is 378 g/mol. The number of carbonyl (C=O) groups excluding carboxylic acids is 1. The molecule has 158 valence electrons. The Bertz CT molecular complexity index is 966. The normalized spacial score (nSPS) is 23.5. The van der Waals surface area contributed by atoms with Crippen molar-refractivity contribution in [3.05, 3.63) is 71.0 Å². The van der Waals surface area contributed by atoms with Crippen LogP contribution in [0.4, 0.5) is 0 Å². The van der Waals surface area contributed by atoms with Crippen LogP contribution in [0.5, 0.6) is 11.5 Å². The first-order chi connectivity index (χ1) is 14.5. The Kier molecular flexibility index (Phi) is 5.56. The van der Waals surface area contributed by atoms with Crippen LogP contribution in [-0.4, -0.2) is 44.7 Å². The number of rotatable bonds is 5. The van der Waals surface area contributed by atoms with E-state index in [9.17, 15) is 4.79 Å². The number of likely N-dealkylation sites (tertiary alicyclic amines) is 1. The van der Waals surface area contributed by atoms with E-state index in [0.717, 1.165) is 42.2 Å². The minimum atomic E-state index is -0.291. The van der Waals surface area contributed by atoms with Crippen molar-refractivity contribution in [3.8, 4) is 11.5 Å². The predicted octanol–water partition coefficient (Wildman–Crippen LogP) is 4.49. The van der Waals surface area contributed by atoms with Crippen molar-refractivity contribution >= 4 is 5.97 Å². The van der Waals surface area contributed by atoms with E-state index in [1.54, 1.807) is 14.2 Å². The third kappa shape index (κ3) is 3.58. The number of hydrogen-bond acceptors (Lipinski definition) is 5. The van der Waals surface area contributed by atoms with Gasteiger partial charge in [0.25, 0.3) is 0 Å². The molecule has 1 saturated heterocycles. The van der Waals surface area contributed by atoms with E-state index in [0.29, 0.717) is 12.0 Å². The fourth-order valence-corrected chi connectivity index (χ4v) is 4.83. The van der Waals surface area contributed by atoms with Crippen LogP contribution >= 0.6 is 0 Å². The number of esters is 1. The number of aryl methyl sites for hydroxylation is 1. The SMILES string of the molecule is COc1ccc([C@@]23CC=C(OC(=O)c4ccc(C)cc4)C[C@@H]2N(C)CC3)cc1OC. The van der Waals surface area contributed by atoms with Crippen LogP contribution in [0.2, 0.25) is 0 Å². The number of likely N-dealkylation sites (N-methyl/N-ethyl adjacent to an activating group) is 1. The van der Waals surface area contributed by atoms with Gasteiger partial charge in [0.2, 0.25) is 0 Å². The Morgan fingerprint density at radius 1 is 1.07 bits per heavy atom. The van der Waals surface area contributed by atoms with E-state index >= 15 is 0 Å². The van der Waals surface area contributed by atoms with Gasteiger partial charge in [0.1, 0.15) is 5.76 Å². The van der Waals surface area contributed by atoms with Crippen LogP contribution in [0, 0.1) is 6.92 Å². The first-order valence-electron chi connectivity index (χ1n) is 10.4. The molecule has 4 rings (SSSR count). The molecule has 2 aromatic carbocycles. The molecule has 0 bridgehead atoms. The summed E-state index contributed by atoms with van der Waals surface area (Å²) in [5.41, 5.74) is 2.93. The molecule has 1 aliphatic heterocycles. The molecule has 0 aromatic heterocycles. The maximum absolute atomic E-state index is 12.6. The topological polar surface area (TPSA) is 48.0 Å². The molecule has 0 radical (unpaired) electrons. The lowest BCUT2D eigenvalue weighted by Crippen LogP contribution is -2.43. The van der Waals surface area contributed by atoms with E-state index in [4.69, 9.17) is 14.2 Å². The van der Waals surface area contributed by atoms with Crippen LogP contribution in [0.3, 0.4) is 0 Å². The van der Waals surface area contributed by atoms with E-state index in [1.807, 2.05) is 37.3 Å². The standard InChI is InChI=1S/C25H29NO4/c1-17-5-7-18(8-6-17)24(27)30-20-11-12-25(13-14-26(2)23(25)16-20)19-9-10-21(28-3)22(15-19)29-4/h5-11,15,23H,12-14,16H2,1-4H3/t23-,25-/m0/s1. The zero-order chi connectivity index (χ0) is 21.3. The predicted molar refractivity (Wildman–Crippen MR) is 116 cm³/mol. The summed E-state index contributed by atoms with van der Waals surface area (Å²) in [5.74, 6) is 1.95. The number of hydrogen-bond donors (Lipinski definition) is 0. The van der Waals surface area contributed by atoms with Crippen molar-refractivity contribution in [2.45, 2.75) is 37.6 Å². The van der Waals surface area contributed by atoms with Crippen LogP contribution in [0.1, 0.15) is 40.7 Å². The number of fused-ring (bicyclic) bond motifs is 1. The summed E-state index contributed by atoms with van der Waals surface area (Å²) < 4.78 is 16.7. The van der Waals surface area contributed by atoms with Gasteiger partial charge in [-0.3, -0.25) is 0 Å². The quantitative estimate of drug-likeness (QED) is 0.684. The maximum Gasteiger partial charge on any atom is 0.343 e. The van der Waals surface area contributed by atoms with Crippen LogP contribution in [0.25, 0.3) is 0 Å². The first-order valence-corrected chi connectivity index (χ1v) is 10.4. The number of benzene rings is 2. The second-order valence-electron chi connectivity index (χ2n) is 8.31. The molecule has 0 spiro atoms. The van der Waals surface area contributed by atoms with Crippen molar-refractivity contribution in [2.75, 3.05) is 27.8 Å². The molecule has 0 unspecified atom stereocenters. The minimum Gasteiger partial charge on any atom is -0.493 e. The Balaban J connectivity index is 1.60. The molecule has 5 heteroatoms. The second kappa shape index (κ2) is 8.15. The summed E-state index contributed by atoms with van der Waals surface area (Å²) in [6.45, 7) is 3.01. The van der Waals surface area contributed by atoms with Crippen LogP contribution in [0.15, 0.2) is 54.3 Å². The van der Waals surface area contributed by atoms with Crippen LogP contribution in [-0.2, 0) is 10.2 Å². The van der Waals surface area contributed by atoms with Gasteiger partial charge in [-0.15, -0.1) is 0 Å². The van der Waals surface area contributed by atoms with E-state index < -0.39 is 0 Å². The number of allylic oxidation sites excluding steroid dienone is 1. The third-order valence-electron chi connectivity index (χ3n) is 6.64. The first kappa shape index (κ1) is 20.5. The highest BCUT2D eigenvalue weighted by molar-refractivity contribution is 5.90. The largest absolute Gasteiger partial charge is 0.493 e. The molecule has 1 heterocycles. The van der Waals surface area contributed by atoms with Gasteiger partial charge in [-0.2, -0.15) is 0 Å². The lowest BCUT2D eigenvalue weighted by molar-refractivity contribution is 0.0579. The highest BCUT2D eigenvalue weighted by atomic mass is 16.5. The highest BCUT2D eigenvalue weighted by Crippen LogP contribution is 2.49. The average molecular weight is 408 g/mol. The summed E-state index contributed by atoms with van der Waals surface area (Å²) in [6.07, 6.45) is 4.69. The van der Waals surface area contributed by atoms with Crippen molar-refractivity contribution in [2.24, 2.45) is 0 Å². The monoisotopic (exact) mass is 407 g/mol. The van der Waals surface area contributed by atoms with E-state index in [1.165, 1.54) is 5.56 Å². The Morgan fingerprint density at radius 3 is 2.50 bits per heavy atom. The highest BCUT2D eigenvalue weighted by Gasteiger charge is 2.49. The summed E-state index contributed by atoms with van der Waals surface area (Å²) in [4.78, 5) is 15.0. The van der Waals surface area contributed by atoms with Gasteiger partial charge < -0.3 is 19.1 Å². The Labute approximate surface area is 178 Å². The van der Waals surface area contributed by atoms with Crippen molar-refractivity contribution < 1.29 is 19.0 Å². The van der Waals surface area contributed by atoms with Gasteiger partial charge in [0.05, 0.1) is 19.8 Å². The summed E-state index contributed by atoms with van der Waals surface area (Å²) >= 11 is 0.